The molecule has 1 N–H and O–H groups in total. The standard InChI is InChI=1S/C27H21ClN4O3S/c1-2-34-23-15-18(12-13-22(23)35-16-17-8-4-3-5-9-17)14-20-24(29)32-27(30-25(20)33)36-26(31-32)19-10-6-7-11-21(19)28/h3-15,29H,2,16H2,1H3/b20-14+,29-24?. The lowest BCUT2D eigenvalue weighted by Gasteiger charge is -2.20. The second-order valence-corrected chi connectivity index (χ2v) is 9.18. The molecule has 0 bridgehead atoms. The first-order valence-corrected chi connectivity index (χ1v) is 12.4. The molecule has 0 fully saturated rings. The number of hydrogen-bond acceptors (Lipinski definition) is 6. The van der Waals surface area contributed by atoms with E-state index in [4.69, 9.17) is 26.5 Å². The molecule has 2 aliphatic rings. The molecular weight excluding hydrogens is 496 g/mol. The fourth-order valence-electron chi connectivity index (χ4n) is 3.64. The number of carbonyl (C=O) groups excluding carboxylic acids is 1. The van der Waals surface area contributed by atoms with Crippen molar-refractivity contribution >= 4 is 51.4 Å². The van der Waals surface area contributed by atoms with E-state index in [1.54, 1.807) is 24.3 Å². The summed E-state index contributed by atoms with van der Waals surface area (Å²) in [6.07, 6.45) is 1.61. The minimum absolute atomic E-state index is 0.0538. The number of nitrogens with one attached hydrogen (secondary N) is 1. The zero-order chi connectivity index (χ0) is 25.1. The average Bonchev–Trinajstić information content (AvgIpc) is 3.31. The van der Waals surface area contributed by atoms with E-state index < -0.39 is 5.91 Å². The maximum absolute atomic E-state index is 12.8. The summed E-state index contributed by atoms with van der Waals surface area (Å²) in [4.78, 5) is 17.0. The number of hydrazone groups is 1. The zero-order valence-corrected chi connectivity index (χ0v) is 20.8. The van der Waals surface area contributed by atoms with Gasteiger partial charge in [0.15, 0.2) is 17.3 Å². The number of benzene rings is 3. The predicted molar refractivity (Wildman–Crippen MR) is 144 cm³/mol. The quantitative estimate of drug-likeness (QED) is 0.390. The van der Waals surface area contributed by atoms with E-state index in [0.717, 1.165) is 11.1 Å². The Morgan fingerprint density at radius 3 is 2.58 bits per heavy atom. The second-order valence-electron chi connectivity index (χ2n) is 7.82. The molecule has 2 aliphatic heterocycles. The lowest BCUT2D eigenvalue weighted by molar-refractivity contribution is -0.114. The summed E-state index contributed by atoms with van der Waals surface area (Å²) in [5.74, 6) is 0.592. The van der Waals surface area contributed by atoms with Crippen LogP contribution >= 0.6 is 23.4 Å². The van der Waals surface area contributed by atoms with Crippen LogP contribution in [-0.4, -0.2) is 33.6 Å². The summed E-state index contributed by atoms with van der Waals surface area (Å²) in [6.45, 7) is 2.75. The molecule has 3 aromatic rings. The van der Waals surface area contributed by atoms with Gasteiger partial charge in [-0.2, -0.15) is 15.1 Å². The number of nitrogens with zero attached hydrogens (tertiary/aromatic N) is 3. The second kappa shape index (κ2) is 10.4. The number of ether oxygens (including phenoxy) is 2. The van der Waals surface area contributed by atoms with Crippen LogP contribution in [-0.2, 0) is 11.4 Å². The van der Waals surface area contributed by atoms with Gasteiger partial charge in [-0.05, 0) is 54.1 Å². The molecule has 0 saturated heterocycles. The van der Waals surface area contributed by atoms with Gasteiger partial charge in [0.25, 0.3) is 5.91 Å². The van der Waals surface area contributed by atoms with E-state index >= 15 is 0 Å². The molecule has 9 heteroatoms. The Balaban J connectivity index is 1.40. The lowest BCUT2D eigenvalue weighted by atomic mass is 10.1. The third kappa shape index (κ3) is 4.91. The highest BCUT2D eigenvalue weighted by Gasteiger charge is 2.36. The van der Waals surface area contributed by atoms with Gasteiger partial charge in [-0.1, -0.05) is 66.2 Å². The van der Waals surface area contributed by atoms with E-state index in [0.29, 0.717) is 45.5 Å². The molecule has 0 radical (unpaired) electrons. The van der Waals surface area contributed by atoms with Gasteiger partial charge in [0.2, 0.25) is 5.17 Å². The monoisotopic (exact) mass is 516 g/mol. The number of amides is 1. The highest BCUT2D eigenvalue weighted by molar-refractivity contribution is 8.27. The Kier molecular flexibility index (Phi) is 6.88. The summed E-state index contributed by atoms with van der Waals surface area (Å²) in [7, 11) is 0. The zero-order valence-electron chi connectivity index (χ0n) is 19.3. The number of fused-ring (bicyclic) bond motifs is 1. The Morgan fingerprint density at radius 2 is 1.81 bits per heavy atom. The first-order valence-electron chi connectivity index (χ1n) is 11.2. The molecule has 7 nitrogen and oxygen atoms in total. The topological polar surface area (TPSA) is 87.3 Å². The predicted octanol–water partition coefficient (Wildman–Crippen LogP) is 5.99. The molecule has 0 aromatic heterocycles. The summed E-state index contributed by atoms with van der Waals surface area (Å²) in [5.41, 5.74) is 2.57. The van der Waals surface area contributed by atoms with Crippen molar-refractivity contribution in [2.24, 2.45) is 10.1 Å². The van der Waals surface area contributed by atoms with E-state index in [9.17, 15) is 4.79 Å². The number of amidine groups is 2. The van der Waals surface area contributed by atoms with Gasteiger partial charge in [0.05, 0.1) is 17.2 Å². The molecule has 180 valence electrons. The van der Waals surface area contributed by atoms with Crippen LogP contribution in [0.1, 0.15) is 23.6 Å². The average molecular weight is 517 g/mol. The van der Waals surface area contributed by atoms with Crippen LogP contribution in [0.5, 0.6) is 11.5 Å². The third-order valence-electron chi connectivity index (χ3n) is 5.37. The molecular formula is C27H21ClN4O3S. The van der Waals surface area contributed by atoms with Crippen molar-refractivity contribution in [2.75, 3.05) is 6.61 Å². The van der Waals surface area contributed by atoms with E-state index in [1.807, 2.05) is 61.5 Å². The Bertz CT molecular complexity index is 1440. The molecule has 2 heterocycles. The fourth-order valence-corrected chi connectivity index (χ4v) is 4.85. The molecule has 0 aliphatic carbocycles. The minimum atomic E-state index is -0.503. The van der Waals surface area contributed by atoms with Gasteiger partial charge in [-0.25, -0.2) is 0 Å². The van der Waals surface area contributed by atoms with E-state index in [-0.39, 0.29) is 11.4 Å². The number of rotatable bonds is 7. The maximum Gasteiger partial charge on any atom is 0.283 e. The third-order valence-corrected chi connectivity index (χ3v) is 6.65. The molecule has 0 atom stereocenters. The van der Waals surface area contributed by atoms with Gasteiger partial charge in [-0.3, -0.25) is 10.2 Å². The molecule has 1 amide bonds. The van der Waals surface area contributed by atoms with Gasteiger partial charge in [0, 0.05) is 5.56 Å². The van der Waals surface area contributed by atoms with Crippen LogP contribution in [0.3, 0.4) is 0 Å². The summed E-state index contributed by atoms with van der Waals surface area (Å²) in [5, 5.41) is 15.9. The van der Waals surface area contributed by atoms with Gasteiger partial charge in [0.1, 0.15) is 11.7 Å². The summed E-state index contributed by atoms with van der Waals surface area (Å²) < 4.78 is 11.8. The van der Waals surface area contributed by atoms with Crippen LogP contribution < -0.4 is 9.47 Å². The normalized spacial score (nSPS) is 16.1. The molecule has 3 aromatic carbocycles. The van der Waals surface area contributed by atoms with Crippen LogP contribution in [0.15, 0.2) is 88.5 Å². The number of hydrogen-bond donors (Lipinski definition) is 1. The molecule has 0 saturated carbocycles. The lowest BCUT2D eigenvalue weighted by Crippen LogP contribution is -2.35. The van der Waals surface area contributed by atoms with Gasteiger partial charge >= 0.3 is 0 Å². The Hall–Kier alpha value is -3.88. The van der Waals surface area contributed by atoms with E-state index in [1.165, 1.54) is 16.8 Å². The maximum atomic E-state index is 12.8. The van der Waals surface area contributed by atoms with Gasteiger partial charge in [-0.15, -0.1) is 0 Å². The largest absolute Gasteiger partial charge is 0.490 e. The number of aliphatic imine (C=N–C) groups is 1. The number of halogens is 1. The molecule has 0 unspecified atom stereocenters. The van der Waals surface area contributed by atoms with Crippen LogP contribution in [0.25, 0.3) is 6.08 Å². The first-order chi connectivity index (χ1) is 17.5. The van der Waals surface area contributed by atoms with Crippen molar-refractivity contribution in [1.29, 1.82) is 5.41 Å². The minimum Gasteiger partial charge on any atom is -0.490 e. The van der Waals surface area contributed by atoms with E-state index in [2.05, 4.69) is 10.1 Å². The highest BCUT2D eigenvalue weighted by Crippen LogP contribution is 2.34. The SMILES string of the molecule is CCOc1cc(/C=C2\C(=N)N3N=C(c4ccccc4Cl)SC3=NC2=O)ccc1OCc1ccccc1. The Morgan fingerprint density at radius 1 is 1.03 bits per heavy atom. The molecule has 36 heavy (non-hydrogen) atoms. The number of thioether (sulfide) groups is 1. The van der Waals surface area contributed by atoms with Crippen molar-refractivity contribution in [1.82, 2.24) is 5.01 Å². The summed E-state index contributed by atoms with van der Waals surface area (Å²) in [6, 6.07) is 22.5. The van der Waals surface area contributed by atoms with Gasteiger partial charge < -0.3 is 9.47 Å². The van der Waals surface area contributed by atoms with Crippen LogP contribution in [0.2, 0.25) is 5.02 Å². The van der Waals surface area contributed by atoms with Crippen LogP contribution in [0.4, 0.5) is 0 Å². The fraction of sp³-hybridized carbons (Fsp3) is 0.111. The highest BCUT2D eigenvalue weighted by atomic mass is 35.5. The molecule has 0 spiro atoms. The first kappa shape index (κ1) is 23.8. The Labute approximate surface area is 217 Å². The van der Waals surface area contributed by atoms with Crippen molar-refractivity contribution in [3.63, 3.8) is 0 Å². The summed E-state index contributed by atoms with van der Waals surface area (Å²) >= 11 is 7.51. The number of carbonyl (C=O) groups is 1. The van der Waals surface area contributed by atoms with Crippen molar-refractivity contribution in [3.8, 4) is 11.5 Å². The van der Waals surface area contributed by atoms with Crippen molar-refractivity contribution in [3.05, 3.63) is 100 Å². The van der Waals surface area contributed by atoms with Crippen molar-refractivity contribution < 1.29 is 14.3 Å². The van der Waals surface area contributed by atoms with Crippen molar-refractivity contribution in [2.45, 2.75) is 13.5 Å². The molecule has 5 rings (SSSR count). The van der Waals surface area contributed by atoms with Crippen LogP contribution in [0, 0.1) is 5.41 Å². The smallest absolute Gasteiger partial charge is 0.283 e.